The summed E-state index contributed by atoms with van der Waals surface area (Å²) in [6.07, 6.45) is 10.2. The van der Waals surface area contributed by atoms with Crippen molar-refractivity contribution in [2.24, 2.45) is 0 Å². The summed E-state index contributed by atoms with van der Waals surface area (Å²) in [5.41, 5.74) is 1.39. The summed E-state index contributed by atoms with van der Waals surface area (Å²) >= 11 is 6.56. The summed E-state index contributed by atoms with van der Waals surface area (Å²) in [5, 5.41) is 2.94. The van der Waals surface area contributed by atoms with E-state index >= 15 is 0 Å². The molecular weight excluding hydrogens is 276 g/mol. The number of hydrogen-bond donors (Lipinski definition) is 0. The second-order valence-corrected chi connectivity index (χ2v) is 6.61. The molecule has 0 fully saturated rings. The van der Waals surface area contributed by atoms with Gasteiger partial charge >= 0.3 is 0 Å². The predicted octanol–water partition coefficient (Wildman–Crippen LogP) is 6.74. The molecule has 2 aromatic carbocycles. The lowest BCUT2D eigenvalue weighted by molar-refractivity contribution is 0.578. The van der Waals surface area contributed by atoms with Crippen LogP contribution in [0.25, 0.3) is 10.8 Å². The van der Waals surface area contributed by atoms with Gasteiger partial charge in [0.2, 0.25) is 0 Å². The summed E-state index contributed by atoms with van der Waals surface area (Å²) in [7, 11) is 0. The summed E-state index contributed by atoms with van der Waals surface area (Å²) in [6, 6.07) is 15.1. The average Bonchev–Trinajstić information content (AvgIpc) is 2.51. The molecule has 1 heteroatoms. The van der Waals surface area contributed by atoms with E-state index in [9.17, 15) is 0 Å². The van der Waals surface area contributed by atoms with Crippen molar-refractivity contribution in [1.29, 1.82) is 0 Å². The Morgan fingerprint density at radius 1 is 0.857 bits per heavy atom. The molecule has 0 N–H and O–H groups in total. The average molecular weight is 303 g/mol. The fraction of sp³-hybridized carbons (Fsp3) is 0.500. The monoisotopic (exact) mass is 302 g/mol. The Kier molecular flexibility index (Phi) is 7.09. The van der Waals surface area contributed by atoms with Crippen molar-refractivity contribution in [2.45, 2.75) is 63.7 Å². The van der Waals surface area contributed by atoms with Gasteiger partial charge in [0.15, 0.2) is 0 Å². The summed E-state index contributed by atoms with van der Waals surface area (Å²) < 4.78 is 0. The van der Waals surface area contributed by atoms with Crippen molar-refractivity contribution in [1.82, 2.24) is 0 Å². The Morgan fingerprint density at radius 3 is 2.43 bits per heavy atom. The maximum absolute atomic E-state index is 6.56. The fourth-order valence-electron chi connectivity index (χ4n) is 2.96. The topological polar surface area (TPSA) is 0 Å². The number of fused-ring (bicyclic) bond motifs is 1. The van der Waals surface area contributed by atoms with Crippen LogP contribution in [-0.2, 0) is 6.42 Å². The van der Waals surface area contributed by atoms with Crippen LogP contribution in [-0.4, -0.2) is 5.38 Å². The smallest absolute Gasteiger partial charge is 0.0376 e. The molecule has 1 atom stereocenters. The first kappa shape index (κ1) is 16.4. The van der Waals surface area contributed by atoms with E-state index < -0.39 is 0 Å². The van der Waals surface area contributed by atoms with E-state index in [1.807, 2.05) is 0 Å². The first-order valence-electron chi connectivity index (χ1n) is 8.42. The van der Waals surface area contributed by atoms with Crippen LogP contribution in [0, 0.1) is 0 Å². The molecule has 0 saturated heterocycles. The second-order valence-electron chi connectivity index (χ2n) is 6.00. The molecule has 0 amide bonds. The van der Waals surface area contributed by atoms with E-state index in [1.54, 1.807) is 0 Å². The van der Waals surface area contributed by atoms with Gasteiger partial charge in [-0.2, -0.15) is 0 Å². The quantitative estimate of drug-likeness (QED) is 0.355. The zero-order chi connectivity index (χ0) is 14.9. The van der Waals surface area contributed by atoms with Crippen LogP contribution in [0.2, 0.25) is 0 Å². The van der Waals surface area contributed by atoms with E-state index in [0.29, 0.717) is 0 Å². The van der Waals surface area contributed by atoms with Gasteiger partial charge in [0.05, 0.1) is 0 Å². The zero-order valence-electron chi connectivity index (χ0n) is 13.2. The molecule has 0 aliphatic heterocycles. The molecule has 1 unspecified atom stereocenters. The fourth-order valence-corrected chi connectivity index (χ4v) is 3.28. The first-order chi connectivity index (χ1) is 10.3. The largest absolute Gasteiger partial charge is 0.123 e. The van der Waals surface area contributed by atoms with Crippen LogP contribution in [0.1, 0.15) is 57.4 Å². The van der Waals surface area contributed by atoms with Crippen LogP contribution in [0.15, 0.2) is 42.5 Å². The zero-order valence-corrected chi connectivity index (χ0v) is 13.9. The summed E-state index contributed by atoms with van der Waals surface area (Å²) in [5.74, 6) is 0. The summed E-state index contributed by atoms with van der Waals surface area (Å²) in [4.78, 5) is 0. The summed E-state index contributed by atoms with van der Waals surface area (Å²) in [6.45, 7) is 2.26. The lowest BCUT2D eigenvalue weighted by Crippen LogP contribution is -2.03. The third-order valence-corrected chi connectivity index (χ3v) is 4.56. The van der Waals surface area contributed by atoms with E-state index in [2.05, 4.69) is 49.4 Å². The van der Waals surface area contributed by atoms with Crippen LogP contribution in [0.4, 0.5) is 0 Å². The SMILES string of the molecule is CCCCCCCCC(Cl)Cc1cccc2ccccc12. The maximum atomic E-state index is 6.56. The van der Waals surface area contributed by atoms with Crippen molar-refractivity contribution in [2.75, 3.05) is 0 Å². The molecule has 2 aromatic rings. The predicted molar refractivity (Wildman–Crippen MR) is 95.3 cm³/mol. The van der Waals surface area contributed by atoms with Gasteiger partial charge in [0.1, 0.15) is 0 Å². The van der Waals surface area contributed by atoms with Crippen molar-refractivity contribution in [3.05, 3.63) is 48.0 Å². The normalized spacial score (nSPS) is 12.7. The highest BCUT2D eigenvalue weighted by Crippen LogP contribution is 2.23. The second kappa shape index (κ2) is 9.10. The van der Waals surface area contributed by atoms with E-state index in [0.717, 1.165) is 12.8 Å². The Labute approximate surface area is 134 Å². The van der Waals surface area contributed by atoms with Gasteiger partial charge < -0.3 is 0 Å². The minimum atomic E-state index is 0.266. The highest BCUT2D eigenvalue weighted by molar-refractivity contribution is 6.20. The molecule has 0 radical (unpaired) electrons. The molecule has 0 nitrogen and oxygen atoms in total. The maximum Gasteiger partial charge on any atom is 0.0376 e. The third-order valence-electron chi connectivity index (χ3n) is 4.19. The highest BCUT2D eigenvalue weighted by Gasteiger charge is 2.08. The first-order valence-corrected chi connectivity index (χ1v) is 8.85. The minimum Gasteiger partial charge on any atom is -0.123 e. The number of alkyl halides is 1. The van der Waals surface area contributed by atoms with Crippen LogP contribution >= 0.6 is 11.6 Å². The molecule has 0 aliphatic rings. The number of benzene rings is 2. The molecule has 21 heavy (non-hydrogen) atoms. The number of halogens is 1. The molecule has 0 bridgehead atoms. The van der Waals surface area contributed by atoms with Crippen molar-refractivity contribution >= 4 is 22.4 Å². The van der Waals surface area contributed by atoms with E-state index in [1.165, 1.54) is 54.9 Å². The van der Waals surface area contributed by atoms with Crippen molar-refractivity contribution in [3.8, 4) is 0 Å². The third kappa shape index (κ3) is 5.36. The molecule has 0 heterocycles. The van der Waals surface area contributed by atoms with Gasteiger partial charge in [-0.15, -0.1) is 11.6 Å². The molecular formula is C20H27Cl. The van der Waals surface area contributed by atoms with Gasteiger partial charge in [-0.1, -0.05) is 87.9 Å². The van der Waals surface area contributed by atoms with Gasteiger partial charge in [-0.05, 0) is 29.2 Å². The lowest BCUT2D eigenvalue weighted by atomic mass is 9.99. The standard InChI is InChI=1S/C20H27Cl/c1-2-3-4-5-6-7-14-19(21)16-18-13-10-12-17-11-8-9-15-20(17)18/h8-13,15,19H,2-7,14,16H2,1H3. The molecule has 2 rings (SSSR count). The molecule has 0 aromatic heterocycles. The van der Waals surface area contributed by atoms with Gasteiger partial charge in [-0.3, -0.25) is 0 Å². The Hall–Kier alpha value is -1.01. The van der Waals surface area contributed by atoms with Crippen LogP contribution < -0.4 is 0 Å². The lowest BCUT2D eigenvalue weighted by Gasteiger charge is -2.12. The van der Waals surface area contributed by atoms with Crippen molar-refractivity contribution in [3.63, 3.8) is 0 Å². The Morgan fingerprint density at radius 2 is 1.57 bits per heavy atom. The number of unbranched alkanes of at least 4 members (excludes halogenated alkanes) is 5. The van der Waals surface area contributed by atoms with E-state index in [4.69, 9.17) is 11.6 Å². The van der Waals surface area contributed by atoms with Crippen LogP contribution in [0.3, 0.4) is 0 Å². The molecule has 0 aliphatic carbocycles. The van der Waals surface area contributed by atoms with Gasteiger partial charge in [-0.25, -0.2) is 0 Å². The Balaban J connectivity index is 1.80. The van der Waals surface area contributed by atoms with Gasteiger partial charge in [0, 0.05) is 5.38 Å². The van der Waals surface area contributed by atoms with E-state index in [-0.39, 0.29) is 5.38 Å². The number of rotatable bonds is 9. The van der Waals surface area contributed by atoms with Gasteiger partial charge in [0.25, 0.3) is 0 Å². The van der Waals surface area contributed by atoms with Crippen LogP contribution in [0.5, 0.6) is 0 Å². The Bertz CT molecular complexity index is 527. The molecule has 0 saturated carbocycles. The minimum absolute atomic E-state index is 0.266. The van der Waals surface area contributed by atoms with Crippen molar-refractivity contribution < 1.29 is 0 Å². The number of hydrogen-bond acceptors (Lipinski definition) is 0. The molecule has 114 valence electrons. The highest BCUT2D eigenvalue weighted by atomic mass is 35.5. The molecule has 0 spiro atoms.